The second-order valence-corrected chi connectivity index (χ2v) is 7.08. The first kappa shape index (κ1) is 18.2. The van der Waals surface area contributed by atoms with Gasteiger partial charge in [-0.05, 0) is 55.8 Å². The van der Waals surface area contributed by atoms with Crippen molar-refractivity contribution in [2.45, 2.75) is 18.8 Å². The fourth-order valence-electron chi connectivity index (χ4n) is 3.59. The Balaban J connectivity index is 1.36. The molecule has 1 fully saturated rings. The number of anilines is 1. The number of primary amides is 1. The minimum absolute atomic E-state index is 0.0926. The number of rotatable bonds is 5. The smallest absolute Gasteiger partial charge is 0.248 e. The standard InChI is InChI=1S/C21H22N4O3/c22-20(27)14-7-9-16(10-8-14)23-19(26)13-25-11-3-4-15(12-25)21-24-17-5-1-2-6-18(17)28-21/h1-2,5-10,15H,3-4,11-13H2,(H2,22,27)(H,23,26). The first-order valence-corrected chi connectivity index (χ1v) is 9.36. The summed E-state index contributed by atoms with van der Waals surface area (Å²) in [5.74, 6) is 0.346. The molecular formula is C21H22N4O3. The summed E-state index contributed by atoms with van der Waals surface area (Å²) in [7, 11) is 0. The van der Waals surface area contributed by atoms with Gasteiger partial charge in [0.25, 0.3) is 0 Å². The summed E-state index contributed by atoms with van der Waals surface area (Å²) in [6.45, 7) is 1.90. The van der Waals surface area contributed by atoms with E-state index in [1.165, 1.54) is 0 Å². The van der Waals surface area contributed by atoms with Gasteiger partial charge in [-0.15, -0.1) is 0 Å². The second-order valence-electron chi connectivity index (χ2n) is 7.08. The van der Waals surface area contributed by atoms with Gasteiger partial charge in [-0.3, -0.25) is 14.5 Å². The molecule has 2 amide bonds. The Morgan fingerprint density at radius 3 is 2.71 bits per heavy atom. The number of carbonyl (C=O) groups excluding carboxylic acids is 2. The molecule has 28 heavy (non-hydrogen) atoms. The van der Waals surface area contributed by atoms with Crippen molar-refractivity contribution in [3.63, 3.8) is 0 Å². The Kier molecular flexibility index (Phi) is 5.08. The van der Waals surface area contributed by atoms with Crippen LogP contribution in [0.3, 0.4) is 0 Å². The highest BCUT2D eigenvalue weighted by molar-refractivity contribution is 5.95. The van der Waals surface area contributed by atoms with Crippen LogP contribution < -0.4 is 11.1 Å². The maximum Gasteiger partial charge on any atom is 0.248 e. The molecule has 0 aliphatic carbocycles. The molecule has 1 saturated heterocycles. The summed E-state index contributed by atoms with van der Waals surface area (Å²) in [5.41, 5.74) is 7.95. The van der Waals surface area contributed by atoms with Crippen LogP contribution in [0.5, 0.6) is 0 Å². The minimum atomic E-state index is -0.489. The predicted octanol–water partition coefficient (Wildman–Crippen LogP) is 2.74. The molecule has 7 heteroatoms. The van der Waals surface area contributed by atoms with Crippen molar-refractivity contribution in [3.8, 4) is 0 Å². The van der Waals surface area contributed by atoms with Gasteiger partial charge in [0.2, 0.25) is 11.8 Å². The molecule has 0 spiro atoms. The number of amides is 2. The number of aromatic nitrogens is 1. The van der Waals surface area contributed by atoms with E-state index < -0.39 is 5.91 Å². The zero-order valence-corrected chi connectivity index (χ0v) is 15.4. The molecule has 2 heterocycles. The summed E-state index contributed by atoms with van der Waals surface area (Å²) < 4.78 is 5.91. The third-order valence-electron chi connectivity index (χ3n) is 4.99. The summed E-state index contributed by atoms with van der Waals surface area (Å²) in [6.07, 6.45) is 1.99. The third kappa shape index (κ3) is 4.04. The monoisotopic (exact) mass is 378 g/mol. The quantitative estimate of drug-likeness (QED) is 0.711. The topological polar surface area (TPSA) is 101 Å². The number of carbonyl (C=O) groups is 2. The molecule has 2 aromatic carbocycles. The molecule has 0 radical (unpaired) electrons. The van der Waals surface area contributed by atoms with E-state index in [1.54, 1.807) is 24.3 Å². The van der Waals surface area contributed by atoms with Crippen LogP contribution in [0.25, 0.3) is 11.1 Å². The number of para-hydroxylation sites is 2. The molecule has 0 saturated carbocycles. The van der Waals surface area contributed by atoms with Crippen LogP contribution in [0.1, 0.15) is 35.0 Å². The largest absolute Gasteiger partial charge is 0.440 e. The van der Waals surface area contributed by atoms with E-state index in [1.807, 2.05) is 24.3 Å². The van der Waals surface area contributed by atoms with E-state index in [2.05, 4.69) is 15.2 Å². The number of fused-ring (bicyclic) bond motifs is 1. The number of piperidine rings is 1. The zero-order valence-electron chi connectivity index (χ0n) is 15.4. The molecular weight excluding hydrogens is 356 g/mol. The van der Waals surface area contributed by atoms with Crippen molar-refractivity contribution in [2.75, 3.05) is 25.0 Å². The van der Waals surface area contributed by atoms with Crippen molar-refractivity contribution in [1.29, 1.82) is 0 Å². The van der Waals surface area contributed by atoms with Crippen LogP contribution in [0.2, 0.25) is 0 Å². The maximum absolute atomic E-state index is 12.4. The molecule has 0 bridgehead atoms. The lowest BCUT2D eigenvalue weighted by Crippen LogP contribution is -2.39. The Labute approximate surface area is 162 Å². The number of nitrogens with zero attached hydrogens (tertiary/aromatic N) is 2. The van der Waals surface area contributed by atoms with Crippen LogP contribution in [-0.4, -0.2) is 41.3 Å². The fourth-order valence-corrected chi connectivity index (χ4v) is 3.59. The number of benzene rings is 2. The van der Waals surface area contributed by atoms with E-state index in [4.69, 9.17) is 10.2 Å². The average Bonchev–Trinajstić information content (AvgIpc) is 3.13. The van der Waals surface area contributed by atoms with Gasteiger partial charge in [0.1, 0.15) is 5.52 Å². The Morgan fingerprint density at radius 2 is 1.96 bits per heavy atom. The van der Waals surface area contributed by atoms with E-state index in [9.17, 15) is 9.59 Å². The van der Waals surface area contributed by atoms with Gasteiger partial charge in [-0.2, -0.15) is 0 Å². The summed E-state index contributed by atoms with van der Waals surface area (Å²) in [4.78, 5) is 30.2. The van der Waals surface area contributed by atoms with Crippen LogP contribution in [0.15, 0.2) is 52.9 Å². The lowest BCUT2D eigenvalue weighted by atomic mass is 9.98. The summed E-state index contributed by atoms with van der Waals surface area (Å²) in [6, 6.07) is 14.3. The number of nitrogens with two attached hydrogens (primary N) is 1. The molecule has 3 N–H and O–H groups in total. The van der Waals surface area contributed by atoms with Gasteiger partial charge in [-0.25, -0.2) is 4.98 Å². The van der Waals surface area contributed by atoms with Gasteiger partial charge >= 0.3 is 0 Å². The second kappa shape index (κ2) is 7.82. The molecule has 4 rings (SSSR count). The summed E-state index contributed by atoms with van der Waals surface area (Å²) >= 11 is 0. The Morgan fingerprint density at radius 1 is 1.18 bits per heavy atom. The lowest BCUT2D eigenvalue weighted by molar-refractivity contribution is -0.117. The summed E-state index contributed by atoms with van der Waals surface area (Å²) in [5, 5.41) is 2.86. The van der Waals surface area contributed by atoms with Gasteiger partial charge in [0, 0.05) is 23.7 Å². The molecule has 3 aromatic rings. The normalized spacial score (nSPS) is 17.5. The third-order valence-corrected chi connectivity index (χ3v) is 4.99. The Bertz CT molecular complexity index is 963. The van der Waals surface area contributed by atoms with Gasteiger partial charge in [-0.1, -0.05) is 12.1 Å². The van der Waals surface area contributed by atoms with Crippen molar-refractivity contribution in [2.24, 2.45) is 5.73 Å². The molecule has 7 nitrogen and oxygen atoms in total. The van der Waals surface area contributed by atoms with Crippen molar-refractivity contribution in [3.05, 3.63) is 60.0 Å². The molecule has 1 unspecified atom stereocenters. The molecule has 1 aliphatic rings. The lowest BCUT2D eigenvalue weighted by Gasteiger charge is -2.30. The average molecular weight is 378 g/mol. The number of oxazole rings is 1. The van der Waals surface area contributed by atoms with E-state index in [0.717, 1.165) is 42.9 Å². The van der Waals surface area contributed by atoms with Gasteiger partial charge in [0.15, 0.2) is 11.5 Å². The molecule has 1 aliphatic heterocycles. The predicted molar refractivity (Wildman–Crippen MR) is 106 cm³/mol. The first-order chi connectivity index (χ1) is 13.6. The Hall–Kier alpha value is -3.19. The van der Waals surface area contributed by atoms with Crippen molar-refractivity contribution >= 4 is 28.6 Å². The molecule has 1 atom stereocenters. The number of nitrogens with one attached hydrogen (secondary N) is 1. The maximum atomic E-state index is 12.4. The van der Waals surface area contributed by atoms with Crippen LogP contribution in [-0.2, 0) is 4.79 Å². The molecule has 1 aromatic heterocycles. The van der Waals surface area contributed by atoms with Crippen LogP contribution >= 0.6 is 0 Å². The molecule has 144 valence electrons. The first-order valence-electron chi connectivity index (χ1n) is 9.36. The van der Waals surface area contributed by atoms with Crippen molar-refractivity contribution in [1.82, 2.24) is 9.88 Å². The highest BCUT2D eigenvalue weighted by Gasteiger charge is 2.26. The number of likely N-dealkylation sites (tertiary alicyclic amines) is 1. The number of hydrogen-bond acceptors (Lipinski definition) is 5. The van der Waals surface area contributed by atoms with Crippen LogP contribution in [0.4, 0.5) is 5.69 Å². The van der Waals surface area contributed by atoms with E-state index in [-0.39, 0.29) is 11.8 Å². The van der Waals surface area contributed by atoms with Crippen molar-refractivity contribution < 1.29 is 14.0 Å². The minimum Gasteiger partial charge on any atom is -0.440 e. The van der Waals surface area contributed by atoms with Gasteiger partial charge < -0.3 is 15.5 Å². The van der Waals surface area contributed by atoms with E-state index in [0.29, 0.717) is 17.8 Å². The highest BCUT2D eigenvalue weighted by atomic mass is 16.3. The fraction of sp³-hybridized carbons (Fsp3) is 0.286. The van der Waals surface area contributed by atoms with E-state index >= 15 is 0 Å². The number of hydrogen-bond donors (Lipinski definition) is 2. The highest BCUT2D eigenvalue weighted by Crippen LogP contribution is 2.28. The van der Waals surface area contributed by atoms with Gasteiger partial charge in [0.05, 0.1) is 6.54 Å². The van der Waals surface area contributed by atoms with Crippen LogP contribution in [0, 0.1) is 0 Å². The zero-order chi connectivity index (χ0) is 19.5. The SMILES string of the molecule is NC(=O)c1ccc(NC(=O)CN2CCCC(c3nc4ccccc4o3)C2)cc1.